The highest BCUT2D eigenvalue weighted by Crippen LogP contribution is 2.16. The van der Waals surface area contributed by atoms with Crippen LogP contribution in [0.4, 0.5) is 5.69 Å². The van der Waals surface area contributed by atoms with E-state index < -0.39 is 0 Å². The Morgan fingerprint density at radius 2 is 1.84 bits per heavy atom. The number of amides is 1. The quantitative estimate of drug-likeness (QED) is 0.706. The molecule has 1 aliphatic heterocycles. The van der Waals surface area contributed by atoms with Gasteiger partial charge in [0.1, 0.15) is 11.0 Å². The van der Waals surface area contributed by atoms with Gasteiger partial charge in [-0.15, -0.1) is 0 Å². The van der Waals surface area contributed by atoms with Gasteiger partial charge in [-0.05, 0) is 18.2 Å². The number of anilines is 1. The highest BCUT2D eigenvalue weighted by atomic mass is 16.2. The Balaban J connectivity index is 1.46. The molecule has 128 valence electrons. The van der Waals surface area contributed by atoms with Crippen molar-refractivity contribution in [1.29, 1.82) is 0 Å². The van der Waals surface area contributed by atoms with Crippen molar-refractivity contribution in [3.63, 3.8) is 0 Å². The molecule has 1 N–H and O–H groups in total. The van der Waals surface area contributed by atoms with Crippen LogP contribution in [0.15, 0.2) is 35.3 Å². The lowest BCUT2D eigenvalue weighted by Gasteiger charge is -2.35. The number of piperazine rings is 1. The highest BCUT2D eigenvalue weighted by molar-refractivity contribution is 5.97. The summed E-state index contributed by atoms with van der Waals surface area (Å²) in [5.74, 6) is -0.0216. The zero-order chi connectivity index (χ0) is 17.4. The first kappa shape index (κ1) is 15.3. The lowest BCUT2D eigenvalue weighted by molar-refractivity contribution is 0.0747. The molecule has 1 aromatic carbocycles. The van der Waals surface area contributed by atoms with Crippen molar-refractivity contribution in [2.45, 2.75) is 0 Å². The number of carbonyl (C=O) groups is 1. The third kappa shape index (κ3) is 2.84. The van der Waals surface area contributed by atoms with Crippen LogP contribution in [-0.2, 0) is 7.05 Å². The molecule has 1 aliphatic rings. The maximum Gasteiger partial charge on any atom is 0.268 e. The summed E-state index contributed by atoms with van der Waals surface area (Å²) >= 11 is 0. The average Bonchev–Trinajstić information content (AvgIpc) is 3.11. The van der Waals surface area contributed by atoms with E-state index in [0.29, 0.717) is 37.3 Å². The van der Waals surface area contributed by atoms with Crippen molar-refractivity contribution >= 4 is 22.6 Å². The molecule has 0 aliphatic carbocycles. The zero-order valence-electron chi connectivity index (χ0n) is 13.7. The Morgan fingerprint density at radius 1 is 1.08 bits per heavy atom. The van der Waals surface area contributed by atoms with Gasteiger partial charge in [-0.3, -0.25) is 9.59 Å². The zero-order valence-corrected chi connectivity index (χ0v) is 13.7. The maximum atomic E-state index is 12.7. The molecule has 4 rings (SSSR count). The predicted octanol–water partition coefficient (Wildman–Crippen LogP) is 0.0140. The largest absolute Gasteiger partial charge is 0.367 e. The van der Waals surface area contributed by atoms with E-state index in [0.717, 1.165) is 11.2 Å². The number of nitrogens with zero attached hydrogens (tertiary/aromatic N) is 6. The van der Waals surface area contributed by atoms with Gasteiger partial charge >= 0.3 is 0 Å². The van der Waals surface area contributed by atoms with E-state index in [1.165, 1.54) is 4.68 Å². The van der Waals surface area contributed by atoms with Gasteiger partial charge in [0, 0.05) is 44.9 Å². The van der Waals surface area contributed by atoms with Crippen LogP contribution in [0.25, 0.3) is 11.0 Å². The molecule has 0 unspecified atom stereocenters. The molecule has 9 heteroatoms. The van der Waals surface area contributed by atoms with Gasteiger partial charge in [-0.1, -0.05) is 0 Å². The standard InChI is InChI=1S/C16H17N7O2/c1-21-15(24)9-12(10-17-21)22-4-6-23(7-5-22)16(25)11-2-3-13-14(8-11)19-20-18-13/h2-3,8-10H,4-7H2,1H3,(H,18,19,20). The Morgan fingerprint density at radius 3 is 2.60 bits per heavy atom. The monoisotopic (exact) mass is 339 g/mol. The summed E-state index contributed by atoms with van der Waals surface area (Å²) in [5, 5.41) is 14.6. The second-order valence-electron chi connectivity index (χ2n) is 5.98. The minimum atomic E-state index is -0.142. The molecule has 0 spiro atoms. The third-order valence-corrected chi connectivity index (χ3v) is 4.45. The molecule has 0 saturated carbocycles. The number of rotatable bonds is 2. The lowest BCUT2D eigenvalue weighted by atomic mass is 10.1. The first-order valence-electron chi connectivity index (χ1n) is 8.00. The molecule has 1 amide bonds. The van der Waals surface area contributed by atoms with Crippen molar-refractivity contribution in [1.82, 2.24) is 30.1 Å². The molecular formula is C16H17N7O2. The number of nitrogens with one attached hydrogen (secondary N) is 1. The van der Waals surface area contributed by atoms with Gasteiger partial charge in [0.2, 0.25) is 0 Å². The molecule has 0 bridgehead atoms. The SMILES string of the molecule is Cn1ncc(N2CCN(C(=O)c3ccc4n[nH]nc4c3)CC2)cc1=O. The number of benzene rings is 1. The van der Waals surface area contributed by atoms with Crippen LogP contribution in [0.5, 0.6) is 0 Å². The molecule has 0 radical (unpaired) electrons. The van der Waals surface area contributed by atoms with Crippen LogP contribution in [0.1, 0.15) is 10.4 Å². The van der Waals surface area contributed by atoms with E-state index in [1.54, 1.807) is 37.5 Å². The molecule has 1 saturated heterocycles. The second kappa shape index (κ2) is 6.00. The van der Waals surface area contributed by atoms with Crippen LogP contribution in [0, 0.1) is 0 Å². The van der Waals surface area contributed by atoms with Crippen LogP contribution in [0.2, 0.25) is 0 Å². The smallest absolute Gasteiger partial charge is 0.268 e. The van der Waals surface area contributed by atoms with Gasteiger partial charge in [0.25, 0.3) is 11.5 Å². The number of hydrogen-bond acceptors (Lipinski definition) is 6. The number of aryl methyl sites for hydroxylation is 1. The summed E-state index contributed by atoms with van der Waals surface area (Å²) in [5.41, 5.74) is 2.66. The number of fused-ring (bicyclic) bond motifs is 1. The predicted molar refractivity (Wildman–Crippen MR) is 91.5 cm³/mol. The Labute approximate surface area is 142 Å². The minimum absolute atomic E-state index is 0.0216. The van der Waals surface area contributed by atoms with Gasteiger partial charge in [-0.25, -0.2) is 4.68 Å². The first-order chi connectivity index (χ1) is 12.1. The van der Waals surface area contributed by atoms with Crippen molar-refractivity contribution in [2.24, 2.45) is 7.05 Å². The highest BCUT2D eigenvalue weighted by Gasteiger charge is 2.23. The Hall–Kier alpha value is -3.23. The number of aromatic amines is 1. The average molecular weight is 339 g/mol. The molecular weight excluding hydrogens is 322 g/mol. The third-order valence-electron chi connectivity index (χ3n) is 4.45. The van der Waals surface area contributed by atoms with Gasteiger partial charge in [-0.2, -0.15) is 20.5 Å². The fourth-order valence-corrected chi connectivity index (χ4v) is 2.96. The summed E-state index contributed by atoms with van der Waals surface area (Å²) in [7, 11) is 1.62. The minimum Gasteiger partial charge on any atom is -0.367 e. The molecule has 3 heterocycles. The van der Waals surface area contributed by atoms with Crippen molar-refractivity contribution in [3.05, 3.63) is 46.4 Å². The molecule has 0 atom stereocenters. The van der Waals surface area contributed by atoms with Crippen LogP contribution in [-0.4, -0.2) is 62.2 Å². The van der Waals surface area contributed by atoms with E-state index in [9.17, 15) is 9.59 Å². The maximum absolute atomic E-state index is 12.7. The van der Waals surface area contributed by atoms with E-state index >= 15 is 0 Å². The summed E-state index contributed by atoms with van der Waals surface area (Å²) in [6, 6.07) is 6.87. The Bertz CT molecular complexity index is 985. The summed E-state index contributed by atoms with van der Waals surface area (Å²) in [4.78, 5) is 28.3. The van der Waals surface area contributed by atoms with Crippen LogP contribution in [0.3, 0.4) is 0 Å². The topological polar surface area (TPSA) is 100 Å². The second-order valence-corrected chi connectivity index (χ2v) is 5.98. The van der Waals surface area contributed by atoms with E-state index in [4.69, 9.17) is 0 Å². The summed E-state index contributed by atoms with van der Waals surface area (Å²) in [6.45, 7) is 2.50. The van der Waals surface area contributed by atoms with Crippen molar-refractivity contribution < 1.29 is 4.79 Å². The van der Waals surface area contributed by atoms with Gasteiger partial charge < -0.3 is 9.80 Å². The molecule has 1 fully saturated rings. The van der Waals surface area contributed by atoms with Crippen molar-refractivity contribution in [2.75, 3.05) is 31.1 Å². The van der Waals surface area contributed by atoms with Crippen molar-refractivity contribution in [3.8, 4) is 0 Å². The number of aromatic nitrogens is 5. The van der Waals surface area contributed by atoms with Crippen LogP contribution >= 0.6 is 0 Å². The number of H-pyrrole nitrogens is 1. The van der Waals surface area contributed by atoms with Gasteiger partial charge in [0.15, 0.2) is 0 Å². The fraction of sp³-hybridized carbons (Fsp3) is 0.312. The van der Waals surface area contributed by atoms with E-state index in [-0.39, 0.29) is 11.5 Å². The lowest BCUT2D eigenvalue weighted by Crippen LogP contribution is -2.49. The fourth-order valence-electron chi connectivity index (χ4n) is 2.96. The summed E-state index contributed by atoms with van der Waals surface area (Å²) < 4.78 is 1.29. The first-order valence-corrected chi connectivity index (χ1v) is 8.00. The van der Waals surface area contributed by atoms with E-state index in [2.05, 4.69) is 25.4 Å². The molecule has 2 aromatic heterocycles. The number of hydrogen-bond donors (Lipinski definition) is 1. The summed E-state index contributed by atoms with van der Waals surface area (Å²) in [6.07, 6.45) is 1.68. The molecule has 9 nitrogen and oxygen atoms in total. The normalized spacial score (nSPS) is 14.9. The van der Waals surface area contributed by atoms with Gasteiger partial charge in [0.05, 0.1) is 11.9 Å². The molecule has 3 aromatic rings. The van der Waals surface area contributed by atoms with Crippen LogP contribution < -0.4 is 10.5 Å². The van der Waals surface area contributed by atoms with E-state index in [1.807, 2.05) is 4.90 Å². The molecule has 25 heavy (non-hydrogen) atoms. The Kier molecular flexibility index (Phi) is 3.68. The number of carbonyl (C=O) groups excluding carboxylic acids is 1.